The molecular weight excluding hydrogens is 250 g/mol. The summed E-state index contributed by atoms with van der Waals surface area (Å²) in [4.78, 5) is 4.28. The summed E-state index contributed by atoms with van der Waals surface area (Å²) in [6.45, 7) is 3.75. The third-order valence-corrected chi connectivity index (χ3v) is 2.85. The highest BCUT2D eigenvalue weighted by atomic mass is 35.5. The number of hydrogen-bond acceptors (Lipinski definition) is 3. The third-order valence-electron chi connectivity index (χ3n) is 2.66. The van der Waals surface area contributed by atoms with Crippen LogP contribution in [0.15, 0.2) is 12.1 Å². The van der Waals surface area contributed by atoms with Gasteiger partial charge in [-0.2, -0.15) is 0 Å². The zero-order chi connectivity index (χ0) is 13.2. The summed E-state index contributed by atoms with van der Waals surface area (Å²) in [7, 11) is 0. The molecule has 0 atom stereocenters. The molecule has 0 unspecified atom stereocenters. The topological polar surface area (TPSA) is 42.4 Å². The SMILES string of the molecule is CCCCOCc1cc(Cl)nc(CCCCO)c1. The lowest BCUT2D eigenvalue weighted by Gasteiger charge is -2.07. The summed E-state index contributed by atoms with van der Waals surface area (Å²) in [6, 6.07) is 3.89. The molecule has 0 amide bonds. The van der Waals surface area contributed by atoms with Crippen molar-refractivity contribution >= 4 is 11.6 Å². The molecule has 1 heterocycles. The summed E-state index contributed by atoms with van der Waals surface area (Å²) < 4.78 is 5.57. The highest BCUT2D eigenvalue weighted by Gasteiger charge is 2.02. The van der Waals surface area contributed by atoms with Crippen LogP contribution in [0.25, 0.3) is 0 Å². The van der Waals surface area contributed by atoms with Crippen LogP contribution in [0, 0.1) is 0 Å². The Morgan fingerprint density at radius 2 is 2.11 bits per heavy atom. The van der Waals surface area contributed by atoms with E-state index in [-0.39, 0.29) is 6.61 Å². The first-order valence-corrected chi connectivity index (χ1v) is 6.98. The molecule has 0 fully saturated rings. The van der Waals surface area contributed by atoms with Gasteiger partial charge in [-0.3, -0.25) is 0 Å². The van der Waals surface area contributed by atoms with Gasteiger partial charge in [-0.1, -0.05) is 24.9 Å². The molecule has 3 nitrogen and oxygen atoms in total. The number of hydrogen-bond donors (Lipinski definition) is 1. The number of nitrogens with zero attached hydrogens (tertiary/aromatic N) is 1. The molecule has 102 valence electrons. The van der Waals surface area contributed by atoms with Crippen molar-refractivity contribution in [2.45, 2.75) is 45.6 Å². The average Bonchev–Trinajstić information content (AvgIpc) is 2.34. The summed E-state index contributed by atoms with van der Waals surface area (Å²) in [5.41, 5.74) is 2.05. The Labute approximate surface area is 114 Å². The van der Waals surface area contributed by atoms with Crippen molar-refractivity contribution in [3.8, 4) is 0 Å². The Bertz CT molecular complexity index is 345. The van der Waals surface area contributed by atoms with Gasteiger partial charge in [0.05, 0.1) is 6.61 Å². The highest BCUT2D eigenvalue weighted by molar-refractivity contribution is 6.29. The van der Waals surface area contributed by atoms with E-state index in [1.807, 2.05) is 12.1 Å². The van der Waals surface area contributed by atoms with Crippen LogP contribution >= 0.6 is 11.6 Å². The monoisotopic (exact) mass is 271 g/mol. The maximum atomic E-state index is 8.75. The molecule has 0 radical (unpaired) electrons. The maximum Gasteiger partial charge on any atom is 0.129 e. The number of rotatable bonds is 9. The minimum atomic E-state index is 0.230. The zero-order valence-corrected chi connectivity index (χ0v) is 11.7. The first kappa shape index (κ1) is 15.4. The number of aliphatic hydroxyl groups is 1. The van der Waals surface area contributed by atoms with E-state index in [0.717, 1.165) is 50.0 Å². The molecule has 1 rings (SSSR count). The van der Waals surface area contributed by atoms with E-state index in [4.69, 9.17) is 21.4 Å². The molecule has 1 aromatic heterocycles. The molecule has 0 spiro atoms. The molecule has 4 heteroatoms. The first-order valence-electron chi connectivity index (χ1n) is 6.60. The summed E-state index contributed by atoms with van der Waals surface area (Å²) in [6.07, 6.45) is 4.81. The minimum Gasteiger partial charge on any atom is -0.396 e. The largest absolute Gasteiger partial charge is 0.396 e. The molecule has 1 N–H and O–H groups in total. The van der Waals surface area contributed by atoms with Crippen LogP contribution in [0.2, 0.25) is 5.15 Å². The fourth-order valence-electron chi connectivity index (χ4n) is 1.68. The number of aromatic nitrogens is 1. The van der Waals surface area contributed by atoms with Crippen molar-refractivity contribution in [3.63, 3.8) is 0 Å². The molecule has 0 aliphatic carbocycles. The van der Waals surface area contributed by atoms with E-state index < -0.39 is 0 Å². The van der Waals surface area contributed by atoms with E-state index in [9.17, 15) is 0 Å². The Balaban J connectivity index is 2.46. The fraction of sp³-hybridized carbons (Fsp3) is 0.643. The number of halogens is 1. The van der Waals surface area contributed by atoms with Crippen molar-refractivity contribution in [1.82, 2.24) is 4.98 Å². The molecule has 0 saturated heterocycles. The van der Waals surface area contributed by atoms with Crippen molar-refractivity contribution in [1.29, 1.82) is 0 Å². The predicted octanol–water partition coefficient (Wildman–Crippen LogP) is 3.37. The lowest BCUT2D eigenvalue weighted by Crippen LogP contribution is -1.99. The minimum absolute atomic E-state index is 0.230. The van der Waals surface area contributed by atoms with Gasteiger partial charge < -0.3 is 9.84 Å². The van der Waals surface area contributed by atoms with Crippen LogP contribution in [-0.2, 0) is 17.8 Å². The van der Waals surface area contributed by atoms with Gasteiger partial charge in [0.15, 0.2) is 0 Å². The Kier molecular flexibility index (Phi) is 7.98. The fourth-order valence-corrected chi connectivity index (χ4v) is 1.92. The maximum absolute atomic E-state index is 8.75. The number of aryl methyl sites for hydroxylation is 1. The average molecular weight is 272 g/mol. The second kappa shape index (κ2) is 9.31. The van der Waals surface area contributed by atoms with Gasteiger partial charge in [0.2, 0.25) is 0 Å². The van der Waals surface area contributed by atoms with Crippen LogP contribution in [0.4, 0.5) is 0 Å². The van der Waals surface area contributed by atoms with Crippen molar-refractivity contribution in [2.75, 3.05) is 13.2 Å². The summed E-state index contributed by atoms with van der Waals surface area (Å²) in [5, 5.41) is 9.27. The number of unbranched alkanes of at least 4 members (excludes halogenated alkanes) is 2. The number of pyridine rings is 1. The van der Waals surface area contributed by atoms with E-state index in [1.54, 1.807) is 0 Å². The summed E-state index contributed by atoms with van der Waals surface area (Å²) >= 11 is 5.99. The van der Waals surface area contributed by atoms with Crippen LogP contribution in [-0.4, -0.2) is 23.3 Å². The smallest absolute Gasteiger partial charge is 0.129 e. The molecule has 0 aliphatic heterocycles. The zero-order valence-electron chi connectivity index (χ0n) is 11.0. The molecule has 0 bridgehead atoms. The number of ether oxygens (including phenoxy) is 1. The van der Waals surface area contributed by atoms with Crippen LogP contribution in [0.1, 0.15) is 43.9 Å². The van der Waals surface area contributed by atoms with E-state index >= 15 is 0 Å². The van der Waals surface area contributed by atoms with Crippen LogP contribution < -0.4 is 0 Å². The number of aliphatic hydroxyl groups excluding tert-OH is 1. The second-order valence-electron chi connectivity index (χ2n) is 4.38. The summed E-state index contributed by atoms with van der Waals surface area (Å²) in [5.74, 6) is 0. The van der Waals surface area contributed by atoms with Gasteiger partial charge in [-0.25, -0.2) is 4.98 Å². The molecule has 0 aromatic carbocycles. The van der Waals surface area contributed by atoms with Crippen LogP contribution in [0.3, 0.4) is 0 Å². The van der Waals surface area contributed by atoms with Crippen LogP contribution in [0.5, 0.6) is 0 Å². The Hall–Kier alpha value is -0.640. The van der Waals surface area contributed by atoms with Gasteiger partial charge in [-0.15, -0.1) is 0 Å². The lowest BCUT2D eigenvalue weighted by atomic mass is 10.1. The molecular formula is C14H22ClNO2. The lowest BCUT2D eigenvalue weighted by molar-refractivity contribution is 0.118. The Morgan fingerprint density at radius 3 is 2.83 bits per heavy atom. The van der Waals surface area contributed by atoms with Gasteiger partial charge >= 0.3 is 0 Å². The second-order valence-corrected chi connectivity index (χ2v) is 4.76. The van der Waals surface area contributed by atoms with E-state index in [2.05, 4.69) is 11.9 Å². The third kappa shape index (κ3) is 6.34. The highest BCUT2D eigenvalue weighted by Crippen LogP contribution is 2.14. The van der Waals surface area contributed by atoms with Gasteiger partial charge in [0.25, 0.3) is 0 Å². The molecule has 1 aromatic rings. The van der Waals surface area contributed by atoms with Crippen molar-refractivity contribution in [2.24, 2.45) is 0 Å². The van der Waals surface area contributed by atoms with E-state index in [0.29, 0.717) is 11.8 Å². The standard InChI is InChI=1S/C14H22ClNO2/c1-2-3-8-18-11-12-9-13(6-4-5-7-17)16-14(15)10-12/h9-10,17H,2-8,11H2,1H3. The van der Waals surface area contributed by atoms with Crippen molar-refractivity contribution < 1.29 is 9.84 Å². The quantitative estimate of drug-likeness (QED) is 0.553. The predicted molar refractivity (Wildman–Crippen MR) is 73.8 cm³/mol. The van der Waals surface area contributed by atoms with Gasteiger partial charge in [0, 0.05) is 18.9 Å². The van der Waals surface area contributed by atoms with Crippen molar-refractivity contribution in [3.05, 3.63) is 28.5 Å². The van der Waals surface area contributed by atoms with Gasteiger partial charge in [0.1, 0.15) is 5.15 Å². The first-order chi connectivity index (χ1) is 8.76. The molecule has 18 heavy (non-hydrogen) atoms. The Morgan fingerprint density at radius 1 is 1.28 bits per heavy atom. The normalized spacial score (nSPS) is 10.8. The molecule has 0 saturated carbocycles. The van der Waals surface area contributed by atoms with Gasteiger partial charge in [-0.05, 0) is 43.4 Å². The molecule has 0 aliphatic rings. The van der Waals surface area contributed by atoms with E-state index in [1.165, 1.54) is 0 Å².